The molecule has 152 valence electrons. The van der Waals surface area contributed by atoms with Crippen molar-refractivity contribution in [1.82, 2.24) is 19.9 Å². The highest BCUT2D eigenvalue weighted by atomic mass is 35.5. The zero-order valence-electron chi connectivity index (χ0n) is 14.8. The molecule has 3 aromatic rings. The van der Waals surface area contributed by atoms with Crippen LogP contribution in [0.4, 0.5) is 13.2 Å². The van der Waals surface area contributed by atoms with E-state index in [0.29, 0.717) is 30.3 Å². The Bertz CT molecular complexity index is 1080. The van der Waals surface area contributed by atoms with E-state index in [0.717, 1.165) is 10.5 Å². The van der Waals surface area contributed by atoms with Crippen molar-refractivity contribution >= 4 is 23.2 Å². The molecule has 0 unspecified atom stereocenters. The van der Waals surface area contributed by atoms with Crippen LogP contribution in [-0.2, 0) is 23.9 Å². The molecule has 0 saturated carbocycles. The Morgan fingerprint density at radius 1 is 1.17 bits per heavy atom. The third-order valence-electron chi connectivity index (χ3n) is 4.26. The number of halogens is 4. The van der Waals surface area contributed by atoms with E-state index in [4.69, 9.17) is 21.1 Å². The Balaban J connectivity index is 1.47. The minimum absolute atomic E-state index is 0.0575. The van der Waals surface area contributed by atoms with E-state index in [1.165, 1.54) is 6.20 Å². The maximum Gasteiger partial charge on any atom is 0.420 e. The number of aromatic nitrogens is 3. The third kappa shape index (κ3) is 4.07. The van der Waals surface area contributed by atoms with Gasteiger partial charge in [-0.15, -0.1) is 10.2 Å². The molecule has 7 nitrogen and oxygen atoms in total. The maximum atomic E-state index is 13.2. The molecule has 0 fully saturated rings. The standard InChI is InChI=1S/C18H14ClF3N4O3/c19-11-7-12(18(20,21)22)17-25-24-15(26(17)9-11)8-23-16(27)6-10-1-2-13-14(5-10)29-4-3-28-13/h1-2,5,7,9H,3-4,6,8H2,(H,23,27). The number of fused-ring (bicyclic) bond motifs is 2. The number of nitrogens with zero attached hydrogens (tertiary/aromatic N) is 3. The molecular formula is C18H14ClF3N4O3. The van der Waals surface area contributed by atoms with Gasteiger partial charge in [0.25, 0.3) is 0 Å². The average molecular weight is 427 g/mol. The number of rotatable bonds is 4. The molecule has 0 spiro atoms. The van der Waals surface area contributed by atoms with Gasteiger partial charge < -0.3 is 14.8 Å². The molecule has 1 aliphatic heterocycles. The second-order valence-corrected chi connectivity index (χ2v) is 6.75. The first kappa shape index (κ1) is 19.3. The largest absolute Gasteiger partial charge is 0.486 e. The molecule has 0 aliphatic carbocycles. The lowest BCUT2D eigenvalue weighted by Crippen LogP contribution is -2.25. The fourth-order valence-corrected chi connectivity index (χ4v) is 3.17. The zero-order valence-corrected chi connectivity index (χ0v) is 15.5. The predicted molar refractivity (Wildman–Crippen MR) is 96.0 cm³/mol. The Labute approximate surface area is 167 Å². The lowest BCUT2D eigenvalue weighted by atomic mass is 10.1. The molecule has 0 radical (unpaired) electrons. The summed E-state index contributed by atoms with van der Waals surface area (Å²) in [6.45, 7) is 0.798. The summed E-state index contributed by atoms with van der Waals surface area (Å²) in [4.78, 5) is 12.3. The average Bonchev–Trinajstić information content (AvgIpc) is 3.07. The van der Waals surface area contributed by atoms with E-state index in [9.17, 15) is 18.0 Å². The summed E-state index contributed by atoms with van der Waals surface area (Å²) in [5, 5.41) is 9.85. The van der Waals surface area contributed by atoms with Crippen LogP contribution in [0.15, 0.2) is 30.5 Å². The minimum Gasteiger partial charge on any atom is -0.486 e. The smallest absolute Gasteiger partial charge is 0.420 e. The quantitative estimate of drug-likeness (QED) is 0.694. The Morgan fingerprint density at radius 3 is 2.69 bits per heavy atom. The summed E-state index contributed by atoms with van der Waals surface area (Å²) >= 11 is 5.80. The molecule has 1 aliphatic rings. The summed E-state index contributed by atoms with van der Waals surface area (Å²) in [5.41, 5.74) is -0.662. The molecule has 3 heterocycles. The molecular weight excluding hydrogens is 413 g/mol. The number of hydrogen-bond donors (Lipinski definition) is 1. The van der Waals surface area contributed by atoms with Crippen molar-refractivity contribution in [3.8, 4) is 11.5 Å². The highest BCUT2D eigenvalue weighted by Gasteiger charge is 2.35. The SMILES string of the molecule is O=C(Cc1ccc2c(c1)OCCO2)NCc1nnc2c(C(F)(F)F)cc(Cl)cn12. The van der Waals surface area contributed by atoms with Crippen molar-refractivity contribution < 1.29 is 27.4 Å². The predicted octanol–water partition coefficient (Wildman–Crippen LogP) is 3.03. The van der Waals surface area contributed by atoms with E-state index >= 15 is 0 Å². The molecule has 11 heteroatoms. The highest BCUT2D eigenvalue weighted by Crippen LogP contribution is 2.34. The van der Waals surface area contributed by atoms with Crippen molar-refractivity contribution in [2.24, 2.45) is 0 Å². The molecule has 1 amide bonds. The number of amides is 1. The topological polar surface area (TPSA) is 77.8 Å². The lowest BCUT2D eigenvalue weighted by molar-refractivity contribution is -0.136. The second kappa shape index (κ2) is 7.43. The number of alkyl halides is 3. The van der Waals surface area contributed by atoms with Gasteiger partial charge in [-0.3, -0.25) is 9.20 Å². The van der Waals surface area contributed by atoms with Crippen LogP contribution in [0.3, 0.4) is 0 Å². The van der Waals surface area contributed by atoms with Crippen LogP contribution >= 0.6 is 11.6 Å². The Morgan fingerprint density at radius 2 is 1.93 bits per heavy atom. The van der Waals surface area contributed by atoms with E-state index < -0.39 is 11.7 Å². The van der Waals surface area contributed by atoms with Crippen LogP contribution in [0.2, 0.25) is 5.02 Å². The molecule has 2 aromatic heterocycles. The van der Waals surface area contributed by atoms with E-state index in [2.05, 4.69) is 15.5 Å². The lowest BCUT2D eigenvalue weighted by Gasteiger charge is -2.18. The summed E-state index contributed by atoms with van der Waals surface area (Å²) in [6.07, 6.45) is -3.30. The van der Waals surface area contributed by atoms with E-state index in [1.54, 1.807) is 18.2 Å². The van der Waals surface area contributed by atoms with Gasteiger partial charge in [0.2, 0.25) is 5.91 Å². The van der Waals surface area contributed by atoms with Crippen LogP contribution in [0.25, 0.3) is 5.65 Å². The monoisotopic (exact) mass is 426 g/mol. The number of carbonyl (C=O) groups excluding carboxylic acids is 1. The number of carbonyl (C=O) groups is 1. The highest BCUT2D eigenvalue weighted by molar-refractivity contribution is 6.30. The Kier molecular flexibility index (Phi) is 4.95. The van der Waals surface area contributed by atoms with Crippen molar-refractivity contribution in [2.75, 3.05) is 13.2 Å². The first-order chi connectivity index (χ1) is 13.8. The van der Waals surface area contributed by atoms with Gasteiger partial charge in [-0.05, 0) is 23.8 Å². The van der Waals surface area contributed by atoms with Gasteiger partial charge >= 0.3 is 6.18 Å². The minimum atomic E-state index is -4.63. The molecule has 4 rings (SSSR count). The summed E-state index contributed by atoms with van der Waals surface area (Å²) in [6, 6.07) is 5.98. The van der Waals surface area contributed by atoms with Gasteiger partial charge in [0.1, 0.15) is 18.8 Å². The maximum absolute atomic E-state index is 13.2. The number of benzene rings is 1. The summed E-state index contributed by atoms with van der Waals surface area (Å²) < 4.78 is 51.5. The third-order valence-corrected chi connectivity index (χ3v) is 4.47. The number of hydrogen-bond acceptors (Lipinski definition) is 5. The van der Waals surface area contributed by atoms with Crippen LogP contribution in [0.1, 0.15) is 17.0 Å². The van der Waals surface area contributed by atoms with Gasteiger partial charge in [0, 0.05) is 6.20 Å². The zero-order chi connectivity index (χ0) is 20.6. The molecule has 0 atom stereocenters. The molecule has 0 bridgehead atoms. The van der Waals surface area contributed by atoms with E-state index in [1.807, 2.05) is 0 Å². The number of nitrogens with one attached hydrogen (secondary N) is 1. The second-order valence-electron chi connectivity index (χ2n) is 6.31. The van der Waals surface area contributed by atoms with Crippen LogP contribution in [-0.4, -0.2) is 33.7 Å². The van der Waals surface area contributed by atoms with Gasteiger partial charge in [-0.1, -0.05) is 17.7 Å². The number of pyridine rings is 1. The van der Waals surface area contributed by atoms with Crippen molar-refractivity contribution in [3.63, 3.8) is 0 Å². The normalized spacial score (nSPS) is 13.5. The van der Waals surface area contributed by atoms with Gasteiger partial charge in [-0.25, -0.2) is 0 Å². The fraction of sp³-hybridized carbons (Fsp3) is 0.278. The van der Waals surface area contributed by atoms with Crippen molar-refractivity contribution in [3.05, 3.63) is 52.4 Å². The summed E-state index contributed by atoms with van der Waals surface area (Å²) in [7, 11) is 0. The molecule has 29 heavy (non-hydrogen) atoms. The van der Waals surface area contributed by atoms with Crippen LogP contribution in [0.5, 0.6) is 11.5 Å². The van der Waals surface area contributed by atoms with Gasteiger partial charge in [0.05, 0.1) is 18.0 Å². The van der Waals surface area contributed by atoms with Crippen LogP contribution < -0.4 is 14.8 Å². The van der Waals surface area contributed by atoms with E-state index in [-0.39, 0.29) is 35.4 Å². The van der Waals surface area contributed by atoms with Crippen molar-refractivity contribution in [2.45, 2.75) is 19.1 Å². The molecule has 1 N–H and O–H groups in total. The number of ether oxygens (including phenoxy) is 2. The van der Waals surface area contributed by atoms with Gasteiger partial charge in [0.15, 0.2) is 23.0 Å². The summed E-state index contributed by atoms with van der Waals surface area (Å²) in [5.74, 6) is 0.979. The van der Waals surface area contributed by atoms with Crippen LogP contribution in [0, 0.1) is 0 Å². The first-order valence-corrected chi connectivity index (χ1v) is 8.94. The van der Waals surface area contributed by atoms with Crippen molar-refractivity contribution in [1.29, 1.82) is 0 Å². The Hall–Kier alpha value is -3.01. The molecule has 1 aromatic carbocycles. The van der Waals surface area contributed by atoms with Gasteiger partial charge in [-0.2, -0.15) is 13.2 Å². The molecule has 0 saturated heterocycles. The first-order valence-electron chi connectivity index (χ1n) is 8.57. The fourth-order valence-electron chi connectivity index (χ4n) is 2.96.